The molecule has 3 N–H and O–H groups in total. The number of nitrogen functional groups attached to an aromatic ring is 1. The molecule has 94 valence electrons. The highest BCUT2D eigenvalue weighted by molar-refractivity contribution is 5.57. The van der Waals surface area contributed by atoms with Gasteiger partial charge in [-0.25, -0.2) is 24.6 Å². The number of aryl methyl sites for hydroxylation is 1. The summed E-state index contributed by atoms with van der Waals surface area (Å²) in [5, 5.41) is 0. The van der Waals surface area contributed by atoms with Crippen LogP contribution in [0.1, 0.15) is 12.6 Å². The SMILES string of the molecule is CCc1cc(NN)nc(-c2ccc(F)c(F)c2)n1. The second-order valence-electron chi connectivity index (χ2n) is 3.69. The monoisotopic (exact) mass is 250 g/mol. The number of benzene rings is 1. The van der Waals surface area contributed by atoms with Crippen molar-refractivity contribution in [3.05, 3.63) is 41.6 Å². The van der Waals surface area contributed by atoms with Crippen molar-refractivity contribution in [2.75, 3.05) is 5.43 Å². The molecule has 0 aliphatic rings. The van der Waals surface area contributed by atoms with Crippen molar-refractivity contribution in [2.45, 2.75) is 13.3 Å². The fourth-order valence-corrected chi connectivity index (χ4v) is 1.52. The summed E-state index contributed by atoms with van der Waals surface area (Å²) >= 11 is 0. The number of rotatable bonds is 3. The lowest BCUT2D eigenvalue weighted by Gasteiger charge is -2.06. The number of nitrogens with one attached hydrogen (secondary N) is 1. The Morgan fingerprint density at radius 3 is 2.56 bits per heavy atom. The maximum absolute atomic E-state index is 13.2. The van der Waals surface area contributed by atoms with Crippen LogP contribution in [0.2, 0.25) is 0 Å². The van der Waals surface area contributed by atoms with Crippen LogP contribution in [0.3, 0.4) is 0 Å². The van der Waals surface area contributed by atoms with E-state index >= 15 is 0 Å². The first-order chi connectivity index (χ1) is 8.63. The number of aromatic nitrogens is 2. The molecule has 0 aliphatic carbocycles. The van der Waals surface area contributed by atoms with Crippen LogP contribution in [0, 0.1) is 11.6 Å². The predicted octanol–water partition coefficient (Wildman–Crippen LogP) is 2.27. The number of nitrogens with zero attached hydrogens (tertiary/aromatic N) is 2. The number of hydrogen-bond acceptors (Lipinski definition) is 4. The van der Waals surface area contributed by atoms with Crippen LogP contribution in [0.4, 0.5) is 14.6 Å². The zero-order valence-electron chi connectivity index (χ0n) is 9.74. The van der Waals surface area contributed by atoms with E-state index in [1.165, 1.54) is 6.07 Å². The first-order valence-electron chi connectivity index (χ1n) is 5.44. The van der Waals surface area contributed by atoms with Gasteiger partial charge in [-0.15, -0.1) is 0 Å². The molecule has 0 bridgehead atoms. The zero-order chi connectivity index (χ0) is 13.1. The summed E-state index contributed by atoms with van der Waals surface area (Å²) in [7, 11) is 0. The molecule has 2 aromatic rings. The van der Waals surface area contributed by atoms with Gasteiger partial charge >= 0.3 is 0 Å². The lowest BCUT2D eigenvalue weighted by molar-refractivity contribution is 0.509. The van der Waals surface area contributed by atoms with Crippen LogP contribution >= 0.6 is 0 Å². The summed E-state index contributed by atoms with van der Waals surface area (Å²) in [6, 6.07) is 5.23. The summed E-state index contributed by atoms with van der Waals surface area (Å²) in [5.41, 5.74) is 3.58. The minimum absolute atomic E-state index is 0.307. The van der Waals surface area contributed by atoms with Gasteiger partial charge in [0.1, 0.15) is 5.82 Å². The van der Waals surface area contributed by atoms with Gasteiger partial charge < -0.3 is 5.43 Å². The Hall–Kier alpha value is -2.08. The molecule has 6 heteroatoms. The molecule has 0 saturated carbocycles. The van der Waals surface area contributed by atoms with Gasteiger partial charge in [0.05, 0.1) is 0 Å². The van der Waals surface area contributed by atoms with Crippen LogP contribution in [0.15, 0.2) is 24.3 Å². The molecule has 1 aromatic heterocycles. The van der Waals surface area contributed by atoms with Crippen molar-refractivity contribution in [1.29, 1.82) is 0 Å². The molecule has 0 amide bonds. The van der Waals surface area contributed by atoms with Crippen molar-refractivity contribution >= 4 is 5.82 Å². The molecule has 0 atom stereocenters. The summed E-state index contributed by atoms with van der Waals surface area (Å²) in [5.74, 6) is 4.21. The Kier molecular flexibility index (Phi) is 3.47. The largest absolute Gasteiger partial charge is 0.308 e. The number of anilines is 1. The molecular formula is C12H12F2N4. The van der Waals surface area contributed by atoms with E-state index in [-0.39, 0.29) is 0 Å². The minimum Gasteiger partial charge on any atom is -0.308 e. The van der Waals surface area contributed by atoms with Gasteiger partial charge in [-0.05, 0) is 24.6 Å². The Balaban J connectivity index is 2.51. The molecular weight excluding hydrogens is 238 g/mol. The average molecular weight is 250 g/mol. The minimum atomic E-state index is -0.930. The van der Waals surface area contributed by atoms with Gasteiger partial charge in [-0.3, -0.25) is 0 Å². The number of halogens is 2. The van der Waals surface area contributed by atoms with E-state index in [0.29, 0.717) is 23.6 Å². The normalized spacial score (nSPS) is 10.4. The number of hydrogen-bond donors (Lipinski definition) is 2. The third kappa shape index (κ3) is 2.43. The van der Waals surface area contributed by atoms with Crippen molar-refractivity contribution in [3.63, 3.8) is 0 Å². The summed E-state index contributed by atoms with van der Waals surface area (Å²) in [4.78, 5) is 8.35. The highest BCUT2D eigenvalue weighted by Crippen LogP contribution is 2.20. The van der Waals surface area contributed by atoms with Crippen molar-refractivity contribution in [2.24, 2.45) is 5.84 Å². The van der Waals surface area contributed by atoms with Crippen LogP contribution in [-0.2, 0) is 6.42 Å². The molecule has 0 unspecified atom stereocenters. The summed E-state index contributed by atoms with van der Waals surface area (Å²) < 4.78 is 26.0. The van der Waals surface area contributed by atoms with Gasteiger partial charge in [0.15, 0.2) is 17.5 Å². The summed E-state index contributed by atoms with van der Waals surface area (Å²) in [6.07, 6.45) is 0.688. The highest BCUT2D eigenvalue weighted by atomic mass is 19.2. The topological polar surface area (TPSA) is 63.8 Å². The van der Waals surface area contributed by atoms with Crippen LogP contribution in [-0.4, -0.2) is 9.97 Å². The van der Waals surface area contributed by atoms with Gasteiger partial charge in [0.25, 0.3) is 0 Å². The molecule has 0 radical (unpaired) electrons. The molecule has 4 nitrogen and oxygen atoms in total. The Bertz CT molecular complexity index is 550. The second kappa shape index (κ2) is 5.05. The Morgan fingerprint density at radius 2 is 1.94 bits per heavy atom. The van der Waals surface area contributed by atoms with Crippen LogP contribution in [0.25, 0.3) is 11.4 Å². The maximum atomic E-state index is 13.2. The molecule has 0 spiro atoms. The Morgan fingerprint density at radius 1 is 1.17 bits per heavy atom. The van der Waals surface area contributed by atoms with Crippen molar-refractivity contribution < 1.29 is 8.78 Å². The van der Waals surface area contributed by atoms with E-state index in [1.807, 2.05) is 6.92 Å². The van der Waals surface area contributed by atoms with E-state index in [9.17, 15) is 8.78 Å². The van der Waals surface area contributed by atoms with Gasteiger partial charge in [0.2, 0.25) is 0 Å². The molecule has 18 heavy (non-hydrogen) atoms. The first-order valence-corrected chi connectivity index (χ1v) is 5.44. The summed E-state index contributed by atoms with van der Waals surface area (Å²) in [6.45, 7) is 1.93. The Labute approximate surface area is 103 Å². The third-order valence-corrected chi connectivity index (χ3v) is 2.47. The molecule has 1 heterocycles. The fraction of sp³-hybridized carbons (Fsp3) is 0.167. The molecule has 1 aromatic carbocycles. The van der Waals surface area contributed by atoms with Gasteiger partial charge in [-0.2, -0.15) is 0 Å². The quantitative estimate of drug-likeness (QED) is 0.648. The van der Waals surface area contributed by atoms with Gasteiger partial charge in [-0.1, -0.05) is 6.92 Å². The maximum Gasteiger partial charge on any atom is 0.161 e. The van der Waals surface area contributed by atoms with E-state index < -0.39 is 11.6 Å². The van der Waals surface area contributed by atoms with E-state index in [0.717, 1.165) is 17.8 Å². The first kappa shape index (κ1) is 12.4. The van der Waals surface area contributed by atoms with E-state index in [4.69, 9.17) is 5.84 Å². The van der Waals surface area contributed by atoms with Crippen LogP contribution < -0.4 is 11.3 Å². The standard InChI is InChI=1S/C12H12F2N4/c1-2-8-6-11(18-15)17-12(16-8)7-3-4-9(13)10(14)5-7/h3-6H,2,15H2,1H3,(H,16,17,18). The molecule has 0 fully saturated rings. The van der Waals surface area contributed by atoms with Crippen LogP contribution in [0.5, 0.6) is 0 Å². The highest BCUT2D eigenvalue weighted by Gasteiger charge is 2.09. The molecule has 2 rings (SSSR count). The average Bonchev–Trinajstić information content (AvgIpc) is 2.41. The third-order valence-electron chi connectivity index (χ3n) is 2.47. The fourth-order valence-electron chi connectivity index (χ4n) is 1.52. The number of hydrazine groups is 1. The second-order valence-corrected chi connectivity index (χ2v) is 3.69. The molecule has 0 saturated heterocycles. The number of nitrogens with two attached hydrogens (primary N) is 1. The van der Waals surface area contributed by atoms with Gasteiger partial charge in [0, 0.05) is 17.3 Å². The lowest BCUT2D eigenvalue weighted by Crippen LogP contribution is -2.10. The van der Waals surface area contributed by atoms with Crippen molar-refractivity contribution in [3.8, 4) is 11.4 Å². The zero-order valence-corrected chi connectivity index (χ0v) is 9.74. The lowest BCUT2D eigenvalue weighted by atomic mass is 10.2. The van der Waals surface area contributed by atoms with Crippen molar-refractivity contribution in [1.82, 2.24) is 9.97 Å². The van der Waals surface area contributed by atoms with E-state index in [1.54, 1.807) is 6.07 Å². The smallest absolute Gasteiger partial charge is 0.161 e. The van der Waals surface area contributed by atoms with E-state index in [2.05, 4.69) is 15.4 Å². The predicted molar refractivity (Wildman–Crippen MR) is 64.6 cm³/mol. The molecule has 0 aliphatic heterocycles.